The Morgan fingerprint density at radius 2 is 2.03 bits per heavy atom. The first-order chi connectivity index (χ1) is 14.4. The summed E-state index contributed by atoms with van der Waals surface area (Å²) in [4.78, 5) is 30.4. The normalized spacial score (nSPS) is 15.1. The summed E-state index contributed by atoms with van der Waals surface area (Å²) in [5.74, 6) is 1.51. The minimum atomic E-state index is -0.613. The lowest BCUT2D eigenvalue weighted by Crippen LogP contribution is -2.50. The number of rotatable bonds is 8. The van der Waals surface area contributed by atoms with Gasteiger partial charge in [0.05, 0.1) is 24.8 Å². The van der Waals surface area contributed by atoms with Gasteiger partial charge in [0.25, 0.3) is 0 Å². The van der Waals surface area contributed by atoms with Crippen molar-refractivity contribution in [2.24, 2.45) is 10.4 Å². The quantitative estimate of drug-likeness (QED) is 0.261. The Morgan fingerprint density at radius 3 is 2.61 bits per heavy atom. The zero-order chi connectivity index (χ0) is 22.0. The van der Waals surface area contributed by atoms with Crippen molar-refractivity contribution in [1.29, 1.82) is 0 Å². The number of carbonyl (C=O) groups is 2. The Morgan fingerprint density at radius 1 is 1.32 bits per heavy atom. The van der Waals surface area contributed by atoms with Crippen molar-refractivity contribution in [2.75, 3.05) is 39.8 Å². The summed E-state index contributed by atoms with van der Waals surface area (Å²) in [7, 11) is 1.63. The molecular weight excluding hydrogens is 513 g/mol. The summed E-state index contributed by atoms with van der Waals surface area (Å²) >= 11 is 0. The van der Waals surface area contributed by atoms with Gasteiger partial charge >= 0.3 is 6.09 Å². The maximum Gasteiger partial charge on any atom is 0.409 e. The van der Waals surface area contributed by atoms with E-state index in [4.69, 9.17) is 9.15 Å². The third kappa shape index (κ3) is 8.96. The van der Waals surface area contributed by atoms with Gasteiger partial charge in [-0.2, -0.15) is 0 Å². The summed E-state index contributed by atoms with van der Waals surface area (Å²) in [5.41, 5.74) is -0.613. The Labute approximate surface area is 201 Å². The van der Waals surface area contributed by atoms with E-state index < -0.39 is 5.41 Å². The van der Waals surface area contributed by atoms with Crippen molar-refractivity contribution in [1.82, 2.24) is 20.9 Å². The summed E-state index contributed by atoms with van der Waals surface area (Å²) in [6, 6.07) is 3.99. The van der Waals surface area contributed by atoms with Crippen LogP contribution in [0.1, 0.15) is 39.4 Å². The number of amides is 2. The molecule has 176 valence electrons. The molecule has 0 aromatic carbocycles. The van der Waals surface area contributed by atoms with Crippen molar-refractivity contribution in [3.63, 3.8) is 0 Å². The minimum Gasteiger partial charge on any atom is -0.469 e. The first-order valence-electron chi connectivity index (χ1n) is 10.6. The maximum atomic E-state index is 12.1. The predicted molar refractivity (Wildman–Crippen MR) is 131 cm³/mol. The number of nitrogens with zero attached hydrogens (tertiary/aromatic N) is 2. The van der Waals surface area contributed by atoms with Crippen LogP contribution in [0.5, 0.6) is 0 Å². The van der Waals surface area contributed by atoms with Gasteiger partial charge < -0.3 is 30.0 Å². The molecule has 2 rings (SSSR count). The fourth-order valence-corrected chi connectivity index (χ4v) is 3.21. The van der Waals surface area contributed by atoms with Crippen LogP contribution in [-0.4, -0.2) is 68.7 Å². The van der Waals surface area contributed by atoms with Gasteiger partial charge in [0.1, 0.15) is 5.76 Å². The van der Waals surface area contributed by atoms with Gasteiger partial charge in [0.2, 0.25) is 5.91 Å². The number of aliphatic imine (C=N–C) groups is 1. The Kier molecular flexibility index (Phi) is 11.7. The van der Waals surface area contributed by atoms with Crippen LogP contribution in [0.2, 0.25) is 0 Å². The number of carbonyl (C=O) groups excluding carboxylic acids is 2. The topological polar surface area (TPSA) is 108 Å². The highest BCUT2D eigenvalue weighted by Gasteiger charge is 2.27. The molecule has 10 heteroatoms. The zero-order valence-electron chi connectivity index (χ0n) is 18.9. The van der Waals surface area contributed by atoms with Crippen LogP contribution in [0.25, 0.3) is 0 Å². The van der Waals surface area contributed by atoms with E-state index in [-0.39, 0.29) is 42.0 Å². The standard InChI is InChI=1S/C21H35N5O4.HI/c1-5-29-20(28)26-12-9-16(10-13-26)25-19(23-11-8-17-7-6-14-30-17)24-15-21(2,3)18(27)22-4;/h6-7,14,16H,5,8-13,15H2,1-4H3,(H,22,27)(H2,23,24,25);1H. The molecule has 0 radical (unpaired) electrons. The van der Waals surface area contributed by atoms with E-state index in [2.05, 4.69) is 20.9 Å². The minimum absolute atomic E-state index is 0. The average molecular weight is 549 g/mol. The second kappa shape index (κ2) is 13.4. The van der Waals surface area contributed by atoms with Gasteiger partial charge in [0, 0.05) is 39.1 Å². The number of ether oxygens (including phenoxy) is 1. The molecule has 31 heavy (non-hydrogen) atoms. The number of guanidine groups is 1. The molecule has 0 aliphatic carbocycles. The van der Waals surface area contributed by atoms with E-state index in [1.807, 2.05) is 32.9 Å². The number of hydrogen-bond donors (Lipinski definition) is 3. The number of halogens is 1. The van der Waals surface area contributed by atoms with Crippen molar-refractivity contribution < 1.29 is 18.7 Å². The number of likely N-dealkylation sites (tertiary alicyclic amines) is 1. The number of furan rings is 1. The fraction of sp³-hybridized carbons (Fsp3) is 0.667. The van der Waals surface area contributed by atoms with Crippen LogP contribution in [0.4, 0.5) is 4.79 Å². The lowest BCUT2D eigenvalue weighted by Gasteiger charge is -2.32. The van der Waals surface area contributed by atoms with Crippen LogP contribution in [0.3, 0.4) is 0 Å². The predicted octanol–water partition coefficient (Wildman–Crippen LogP) is 2.37. The third-order valence-electron chi connectivity index (χ3n) is 5.08. The summed E-state index contributed by atoms with van der Waals surface area (Å²) in [6.45, 7) is 8.21. The summed E-state index contributed by atoms with van der Waals surface area (Å²) in [5, 5.41) is 9.47. The van der Waals surface area contributed by atoms with Crippen LogP contribution in [-0.2, 0) is 16.0 Å². The van der Waals surface area contributed by atoms with E-state index >= 15 is 0 Å². The lowest BCUT2D eigenvalue weighted by atomic mass is 9.93. The SMILES string of the molecule is CCOC(=O)N1CCC(NC(=NCC(C)(C)C(=O)NC)NCCc2ccco2)CC1.I. The van der Waals surface area contributed by atoms with Gasteiger partial charge in [-0.1, -0.05) is 0 Å². The number of nitrogens with one attached hydrogen (secondary N) is 3. The highest BCUT2D eigenvalue weighted by Crippen LogP contribution is 2.16. The molecule has 1 aliphatic rings. The lowest BCUT2D eigenvalue weighted by molar-refractivity contribution is -0.128. The molecule has 9 nitrogen and oxygen atoms in total. The van der Waals surface area contributed by atoms with Gasteiger partial charge in [-0.05, 0) is 45.7 Å². The number of piperidine rings is 1. The summed E-state index contributed by atoms with van der Waals surface area (Å²) in [6.07, 6.45) is 3.74. The molecule has 1 fully saturated rings. The third-order valence-corrected chi connectivity index (χ3v) is 5.08. The molecular formula is C21H36IN5O4. The van der Waals surface area contributed by atoms with Crippen LogP contribution < -0.4 is 16.0 Å². The van der Waals surface area contributed by atoms with E-state index in [0.29, 0.717) is 38.7 Å². The van der Waals surface area contributed by atoms with Crippen LogP contribution >= 0.6 is 24.0 Å². The van der Waals surface area contributed by atoms with E-state index in [1.165, 1.54) is 0 Å². The average Bonchev–Trinajstić information content (AvgIpc) is 3.25. The van der Waals surface area contributed by atoms with Crippen molar-refractivity contribution >= 4 is 41.9 Å². The van der Waals surface area contributed by atoms with Crippen LogP contribution in [0, 0.1) is 5.41 Å². The first kappa shape index (κ1) is 27.1. The van der Waals surface area contributed by atoms with Gasteiger partial charge in [0.15, 0.2) is 5.96 Å². The molecule has 2 heterocycles. The zero-order valence-corrected chi connectivity index (χ0v) is 21.2. The van der Waals surface area contributed by atoms with Gasteiger partial charge in [-0.15, -0.1) is 24.0 Å². The summed E-state index contributed by atoms with van der Waals surface area (Å²) < 4.78 is 10.5. The second-order valence-electron chi connectivity index (χ2n) is 7.99. The molecule has 0 atom stereocenters. The molecule has 1 aromatic rings. The second-order valence-corrected chi connectivity index (χ2v) is 7.99. The molecule has 3 N–H and O–H groups in total. The molecule has 1 aliphatic heterocycles. The Balaban J connectivity index is 0.00000480. The van der Waals surface area contributed by atoms with Crippen molar-refractivity contribution in [2.45, 2.75) is 46.1 Å². The molecule has 1 aromatic heterocycles. The van der Waals surface area contributed by atoms with Crippen molar-refractivity contribution in [3.8, 4) is 0 Å². The van der Waals surface area contributed by atoms with E-state index in [1.54, 1.807) is 18.2 Å². The first-order valence-corrected chi connectivity index (χ1v) is 10.6. The highest BCUT2D eigenvalue weighted by atomic mass is 127. The molecule has 0 bridgehead atoms. The fourth-order valence-electron chi connectivity index (χ4n) is 3.21. The van der Waals surface area contributed by atoms with E-state index in [9.17, 15) is 9.59 Å². The van der Waals surface area contributed by atoms with Crippen LogP contribution in [0.15, 0.2) is 27.8 Å². The Hall–Kier alpha value is -1.98. The molecule has 2 amide bonds. The van der Waals surface area contributed by atoms with Crippen molar-refractivity contribution in [3.05, 3.63) is 24.2 Å². The highest BCUT2D eigenvalue weighted by molar-refractivity contribution is 14.0. The maximum absolute atomic E-state index is 12.1. The number of hydrogen-bond acceptors (Lipinski definition) is 5. The Bertz CT molecular complexity index is 701. The van der Waals surface area contributed by atoms with Gasteiger partial charge in [-0.25, -0.2) is 4.79 Å². The smallest absolute Gasteiger partial charge is 0.409 e. The largest absolute Gasteiger partial charge is 0.469 e. The van der Waals surface area contributed by atoms with E-state index in [0.717, 1.165) is 25.0 Å². The molecule has 0 unspecified atom stereocenters. The molecule has 1 saturated heterocycles. The monoisotopic (exact) mass is 549 g/mol. The molecule has 0 spiro atoms. The molecule has 0 saturated carbocycles. The van der Waals surface area contributed by atoms with Gasteiger partial charge in [-0.3, -0.25) is 9.79 Å².